The van der Waals surface area contributed by atoms with Crippen molar-refractivity contribution in [2.75, 3.05) is 0 Å². The van der Waals surface area contributed by atoms with Gasteiger partial charge in [0.2, 0.25) is 0 Å². The highest BCUT2D eigenvalue weighted by molar-refractivity contribution is 5.11. The number of furan rings is 1. The van der Waals surface area contributed by atoms with Crippen molar-refractivity contribution in [3.05, 3.63) is 23.7 Å². The minimum absolute atomic E-state index is 0.00611. The topological polar surface area (TPSA) is 50.4 Å². The highest BCUT2D eigenvalue weighted by atomic mass is 16.4. The molecule has 1 rings (SSSR count). The molecule has 0 amide bonds. The smallest absolute Gasteiger partial charge is 0.129 e. The van der Waals surface area contributed by atoms with Crippen molar-refractivity contribution in [3.8, 4) is 0 Å². The third kappa shape index (κ3) is 2.46. The number of carbonyl (C=O) groups excluding carboxylic acids is 1. The molecule has 0 aliphatic carbocycles. The minimum Gasteiger partial charge on any atom is -0.464 e. The summed E-state index contributed by atoms with van der Waals surface area (Å²) in [5.74, 6) is 1.47. The van der Waals surface area contributed by atoms with Crippen LogP contribution in [0.5, 0.6) is 0 Å². The van der Waals surface area contributed by atoms with Crippen LogP contribution in [0, 0.1) is 6.92 Å². The van der Waals surface area contributed by atoms with Gasteiger partial charge in [0.1, 0.15) is 24.9 Å². The largest absolute Gasteiger partial charge is 0.464 e. The zero-order valence-corrected chi connectivity index (χ0v) is 5.83. The van der Waals surface area contributed by atoms with E-state index in [1.165, 1.54) is 0 Å². The lowest BCUT2D eigenvalue weighted by atomic mass is 10.4. The summed E-state index contributed by atoms with van der Waals surface area (Å²) in [6.07, 6.45) is 0. The van der Waals surface area contributed by atoms with E-state index in [2.05, 4.69) is 0 Å². The van der Waals surface area contributed by atoms with Crippen molar-refractivity contribution >= 4 is 6.79 Å². The van der Waals surface area contributed by atoms with E-state index in [1.807, 2.05) is 19.8 Å². The first-order valence-corrected chi connectivity index (χ1v) is 2.78. The predicted molar refractivity (Wildman–Crippen MR) is 36.5 cm³/mol. The molecule has 0 unspecified atom stereocenters. The van der Waals surface area contributed by atoms with Crippen LogP contribution in [-0.2, 0) is 11.4 Å². The Bertz CT molecular complexity index is 181. The van der Waals surface area contributed by atoms with E-state index in [0.717, 1.165) is 5.76 Å². The number of aliphatic hydroxyl groups excluding tert-OH is 1. The molecule has 0 aliphatic rings. The average molecular weight is 142 g/mol. The molecule has 1 heterocycles. The second kappa shape index (κ2) is 4.76. The lowest BCUT2D eigenvalue weighted by Crippen LogP contribution is -1.73. The molecule has 3 heteroatoms. The second-order valence-electron chi connectivity index (χ2n) is 1.67. The third-order valence-electron chi connectivity index (χ3n) is 0.952. The van der Waals surface area contributed by atoms with Gasteiger partial charge >= 0.3 is 0 Å². The maximum Gasteiger partial charge on any atom is 0.129 e. The maximum atomic E-state index is 8.46. The molecule has 0 aromatic carbocycles. The van der Waals surface area contributed by atoms with Crippen LogP contribution in [0.4, 0.5) is 0 Å². The zero-order chi connectivity index (χ0) is 7.98. The second-order valence-corrected chi connectivity index (χ2v) is 1.67. The van der Waals surface area contributed by atoms with E-state index in [-0.39, 0.29) is 6.61 Å². The summed E-state index contributed by atoms with van der Waals surface area (Å²) < 4.78 is 4.98. The van der Waals surface area contributed by atoms with E-state index in [1.54, 1.807) is 6.07 Å². The van der Waals surface area contributed by atoms with Crippen molar-refractivity contribution in [2.24, 2.45) is 0 Å². The average Bonchev–Trinajstić information content (AvgIpc) is 2.40. The maximum absolute atomic E-state index is 8.46. The fraction of sp³-hybridized carbons (Fsp3) is 0.286. The molecule has 0 saturated heterocycles. The Morgan fingerprint density at radius 3 is 2.40 bits per heavy atom. The molecule has 0 spiro atoms. The number of rotatable bonds is 1. The van der Waals surface area contributed by atoms with Gasteiger partial charge in [-0.05, 0) is 19.1 Å². The Hall–Kier alpha value is -1.09. The van der Waals surface area contributed by atoms with Gasteiger partial charge in [0, 0.05) is 0 Å². The van der Waals surface area contributed by atoms with Crippen LogP contribution in [0.3, 0.4) is 0 Å². The van der Waals surface area contributed by atoms with Gasteiger partial charge in [-0.1, -0.05) is 0 Å². The molecule has 0 saturated carbocycles. The highest BCUT2D eigenvalue weighted by Crippen LogP contribution is 2.04. The van der Waals surface area contributed by atoms with Crippen molar-refractivity contribution in [1.29, 1.82) is 0 Å². The van der Waals surface area contributed by atoms with Crippen LogP contribution >= 0.6 is 0 Å². The Labute approximate surface area is 59.3 Å². The SMILES string of the molecule is C=O.Cc1ccc(CO)o1. The summed E-state index contributed by atoms with van der Waals surface area (Å²) in [7, 11) is 0. The summed E-state index contributed by atoms with van der Waals surface area (Å²) >= 11 is 0. The molecule has 0 atom stereocenters. The van der Waals surface area contributed by atoms with Crippen LogP contribution in [0.1, 0.15) is 11.5 Å². The van der Waals surface area contributed by atoms with Gasteiger partial charge in [0.15, 0.2) is 0 Å². The van der Waals surface area contributed by atoms with Crippen LogP contribution in [0.25, 0.3) is 0 Å². The summed E-state index contributed by atoms with van der Waals surface area (Å²) in [5, 5.41) is 8.46. The van der Waals surface area contributed by atoms with Crippen molar-refractivity contribution in [1.82, 2.24) is 0 Å². The first-order chi connectivity index (χ1) is 4.83. The first kappa shape index (κ1) is 8.91. The first-order valence-electron chi connectivity index (χ1n) is 2.78. The van der Waals surface area contributed by atoms with Gasteiger partial charge in [-0.3, -0.25) is 0 Å². The minimum atomic E-state index is -0.00611. The van der Waals surface area contributed by atoms with Crippen LogP contribution < -0.4 is 0 Å². The monoisotopic (exact) mass is 142 g/mol. The number of hydrogen-bond donors (Lipinski definition) is 1. The Morgan fingerprint density at radius 2 is 2.20 bits per heavy atom. The van der Waals surface area contributed by atoms with E-state index < -0.39 is 0 Å². The summed E-state index contributed by atoms with van der Waals surface area (Å²) in [5.41, 5.74) is 0. The number of aryl methyl sites for hydroxylation is 1. The summed E-state index contributed by atoms with van der Waals surface area (Å²) in [6.45, 7) is 3.84. The molecule has 0 bridgehead atoms. The lowest BCUT2D eigenvalue weighted by Gasteiger charge is -1.82. The van der Waals surface area contributed by atoms with Gasteiger partial charge in [0.05, 0.1) is 0 Å². The van der Waals surface area contributed by atoms with Gasteiger partial charge in [-0.25, -0.2) is 0 Å². The standard InChI is InChI=1S/C6H8O2.CH2O/c1-5-2-3-6(4-7)8-5;1-2/h2-3,7H,4H2,1H3;1H2. The number of hydrogen-bond acceptors (Lipinski definition) is 3. The molecule has 10 heavy (non-hydrogen) atoms. The molecule has 1 aromatic heterocycles. The number of aliphatic hydroxyl groups is 1. The van der Waals surface area contributed by atoms with Gasteiger partial charge in [-0.2, -0.15) is 0 Å². The van der Waals surface area contributed by atoms with Crippen LogP contribution in [-0.4, -0.2) is 11.9 Å². The molecular formula is C7H10O3. The molecule has 1 aromatic rings. The highest BCUT2D eigenvalue weighted by Gasteiger charge is 1.92. The van der Waals surface area contributed by atoms with Crippen molar-refractivity contribution in [3.63, 3.8) is 0 Å². The molecule has 0 radical (unpaired) electrons. The molecule has 1 N–H and O–H groups in total. The van der Waals surface area contributed by atoms with Gasteiger partial charge < -0.3 is 14.3 Å². The molecule has 0 fully saturated rings. The normalized spacial score (nSPS) is 8.20. The van der Waals surface area contributed by atoms with E-state index in [4.69, 9.17) is 14.3 Å². The predicted octanol–water partition coefficient (Wildman–Crippen LogP) is 0.895. The Kier molecular flexibility index (Phi) is 4.24. The van der Waals surface area contributed by atoms with Crippen molar-refractivity contribution in [2.45, 2.75) is 13.5 Å². The Balaban J connectivity index is 0.000000371. The summed E-state index contributed by atoms with van der Waals surface area (Å²) in [6, 6.07) is 3.58. The van der Waals surface area contributed by atoms with Crippen LogP contribution in [0.2, 0.25) is 0 Å². The van der Waals surface area contributed by atoms with Gasteiger partial charge in [-0.15, -0.1) is 0 Å². The third-order valence-corrected chi connectivity index (χ3v) is 0.952. The van der Waals surface area contributed by atoms with E-state index in [9.17, 15) is 0 Å². The summed E-state index contributed by atoms with van der Waals surface area (Å²) in [4.78, 5) is 8.00. The van der Waals surface area contributed by atoms with Crippen LogP contribution in [0.15, 0.2) is 16.5 Å². The van der Waals surface area contributed by atoms with Crippen molar-refractivity contribution < 1.29 is 14.3 Å². The molecule has 56 valence electrons. The molecule has 0 aliphatic heterocycles. The fourth-order valence-corrected chi connectivity index (χ4v) is 0.570. The lowest BCUT2D eigenvalue weighted by molar-refractivity contribution is -0.0979. The molecular weight excluding hydrogens is 132 g/mol. The Morgan fingerprint density at radius 1 is 1.60 bits per heavy atom. The fourth-order valence-electron chi connectivity index (χ4n) is 0.570. The quantitative estimate of drug-likeness (QED) is 0.633. The molecule has 3 nitrogen and oxygen atoms in total. The van der Waals surface area contributed by atoms with Gasteiger partial charge in [0.25, 0.3) is 0 Å². The zero-order valence-electron chi connectivity index (χ0n) is 5.83. The number of carbonyl (C=O) groups is 1. The van der Waals surface area contributed by atoms with E-state index >= 15 is 0 Å². The van der Waals surface area contributed by atoms with E-state index in [0.29, 0.717) is 5.76 Å².